The number of nitrogens with two attached hydrogens (primary N) is 1. The Balaban J connectivity index is 1.57. The van der Waals surface area contributed by atoms with Gasteiger partial charge in [0.25, 0.3) is 0 Å². The van der Waals surface area contributed by atoms with E-state index in [0.717, 1.165) is 5.56 Å². The Labute approximate surface area is 221 Å². The smallest absolute Gasteiger partial charge is 0.310 e. The summed E-state index contributed by atoms with van der Waals surface area (Å²) in [6.45, 7) is 5.10. The Morgan fingerprint density at radius 3 is 2.45 bits per heavy atom. The van der Waals surface area contributed by atoms with Gasteiger partial charge in [0, 0.05) is 36.1 Å². The Hall–Kier alpha value is -3.62. The second kappa shape index (κ2) is 9.29. The number of esters is 3. The lowest BCUT2D eigenvalue weighted by Gasteiger charge is -2.61. The Morgan fingerprint density at radius 1 is 1.08 bits per heavy atom. The van der Waals surface area contributed by atoms with Crippen molar-refractivity contribution >= 4 is 29.4 Å². The van der Waals surface area contributed by atoms with Gasteiger partial charge in [-0.05, 0) is 60.4 Å². The molecule has 9 heteroatoms. The third-order valence-electron chi connectivity index (χ3n) is 9.11. The predicted octanol–water partition coefficient (Wildman–Crippen LogP) is 4.25. The van der Waals surface area contributed by atoms with Gasteiger partial charge in [-0.3, -0.25) is 19.2 Å². The van der Waals surface area contributed by atoms with Crippen molar-refractivity contribution in [2.24, 2.45) is 28.6 Å². The van der Waals surface area contributed by atoms with Crippen LogP contribution in [-0.2, 0) is 33.4 Å². The molecular formula is C29H33NO8. The number of ether oxygens (including phenoxy) is 3. The fourth-order valence-corrected chi connectivity index (χ4v) is 7.43. The van der Waals surface area contributed by atoms with Crippen molar-refractivity contribution < 1.29 is 37.8 Å². The third-order valence-corrected chi connectivity index (χ3v) is 9.11. The lowest BCUT2D eigenvalue weighted by Crippen LogP contribution is -2.64. The zero-order chi connectivity index (χ0) is 27.4. The summed E-state index contributed by atoms with van der Waals surface area (Å²) in [6.07, 6.45) is 1.15. The highest BCUT2D eigenvalue weighted by atomic mass is 16.6. The average Bonchev–Trinajstić information content (AvgIpc) is 3.35. The molecule has 2 N–H and O–H groups in total. The van der Waals surface area contributed by atoms with Gasteiger partial charge in [-0.15, -0.1) is 0 Å². The zero-order valence-electron chi connectivity index (χ0n) is 22.0. The summed E-state index contributed by atoms with van der Waals surface area (Å²) < 4.78 is 22.3. The standard InChI is InChI=1S/C29H33NO8/c1-15(31)37-21-13-20(26(33)35-4)28(2)11-9-19-27(34)38-22(14-29(19,3)25(28)23(21)32)18-10-12-36-24(18)16-5-7-17(30)8-6-16/h5-8,10,12,19-22,25H,9,11,13-14,30H2,1-4H3/t19-,20-,21-,22-,25-,28-,29-/m0/s1. The highest BCUT2D eigenvalue weighted by molar-refractivity contribution is 5.93. The number of methoxy groups -OCH3 is 1. The van der Waals surface area contributed by atoms with Gasteiger partial charge in [0.15, 0.2) is 11.9 Å². The van der Waals surface area contributed by atoms with Crippen LogP contribution in [0, 0.1) is 28.6 Å². The maximum Gasteiger partial charge on any atom is 0.310 e. The van der Waals surface area contributed by atoms with Gasteiger partial charge in [-0.25, -0.2) is 0 Å². The van der Waals surface area contributed by atoms with E-state index >= 15 is 0 Å². The first-order chi connectivity index (χ1) is 18.0. The molecule has 2 aromatic rings. The van der Waals surface area contributed by atoms with Gasteiger partial charge in [-0.2, -0.15) is 0 Å². The number of furan rings is 1. The normalized spacial score (nSPS) is 34.5. The molecule has 38 heavy (non-hydrogen) atoms. The number of nitrogen functional groups attached to an aromatic ring is 1. The van der Waals surface area contributed by atoms with Crippen LogP contribution in [-0.4, -0.2) is 36.9 Å². The van der Waals surface area contributed by atoms with Crippen LogP contribution in [0.25, 0.3) is 11.3 Å². The van der Waals surface area contributed by atoms with Crippen LogP contribution in [0.15, 0.2) is 41.0 Å². The summed E-state index contributed by atoms with van der Waals surface area (Å²) in [6, 6.07) is 8.97. The van der Waals surface area contributed by atoms with Gasteiger partial charge in [0.1, 0.15) is 11.9 Å². The average molecular weight is 524 g/mol. The Morgan fingerprint density at radius 2 is 1.79 bits per heavy atom. The number of hydrogen-bond donors (Lipinski definition) is 1. The molecule has 1 saturated heterocycles. The minimum absolute atomic E-state index is 0.0652. The molecule has 0 spiro atoms. The van der Waals surface area contributed by atoms with Crippen LogP contribution in [0.3, 0.4) is 0 Å². The van der Waals surface area contributed by atoms with Crippen molar-refractivity contribution in [3.05, 3.63) is 42.2 Å². The van der Waals surface area contributed by atoms with Crippen LogP contribution in [0.2, 0.25) is 0 Å². The summed E-state index contributed by atoms with van der Waals surface area (Å²) in [7, 11) is 1.32. The van der Waals surface area contributed by atoms with E-state index in [9.17, 15) is 19.2 Å². The summed E-state index contributed by atoms with van der Waals surface area (Å²) >= 11 is 0. The van der Waals surface area contributed by atoms with Gasteiger partial charge >= 0.3 is 17.9 Å². The Bertz CT molecular complexity index is 1280. The minimum Gasteiger partial charge on any atom is -0.469 e. The molecule has 2 heterocycles. The molecule has 1 aromatic heterocycles. The number of rotatable bonds is 4. The molecule has 9 nitrogen and oxygen atoms in total. The fourth-order valence-electron chi connectivity index (χ4n) is 7.43. The van der Waals surface area contributed by atoms with Crippen LogP contribution in [0.5, 0.6) is 0 Å². The van der Waals surface area contributed by atoms with Gasteiger partial charge in [0.05, 0.1) is 25.2 Å². The van der Waals surface area contributed by atoms with E-state index in [0.29, 0.717) is 36.3 Å². The van der Waals surface area contributed by atoms with E-state index in [1.54, 1.807) is 24.5 Å². The number of ketones is 1. The second-order valence-electron chi connectivity index (χ2n) is 11.3. The molecule has 0 amide bonds. The maximum atomic E-state index is 14.0. The van der Waals surface area contributed by atoms with E-state index < -0.39 is 52.7 Å². The van der Waals surface area contributed by atoms with Crippen LogP contribution < -0.4 is 5.73 Å². The van der Waals surface area contributed by atoms with Crippen molar-refractivity contribution in [1.29, 1.82) is 0 Å². The SMILES string of the molecule is COC(=O)[C@@H]1C[C@H](OC(C)=O)C(=O)[C@H]2[C@@]1(C)CC[C@H]1C(=O)O[C@H](c3ccoc3-c3ccc(N)cc3)C[C@]21C. The number of anilines is 1. The second-order valence-corrected chi connectivity index (χ2v) is 11.3. The summed E-state index contributed by atoms with van der Waals surface area (Å²) in [5, 5.41) is 0. The molecule has 2 saturated carbocycles. The van der Waals surface area contributed by atoms with Crippen molar-refractivity contribution in [3.8, 4) is 11.3 Å². The van der Waals surface area contributed by atoms with Gasteiger partial charge < -0.3 is 24.4 Å². The van der Waals surface area contributed by atoms with E-state index in [4.69, 9.17) is 24.4 Å². The maximum absolute atomic E-state index is 14.0. The molecule has 0 unspecified atom stereocenters. The predicted molar refractivity (Wildman–Crippen MR) is 135 cm³/mol. The summed E-state index contributed by atoms with van der Waals surface area (Å²) in [5.41, 5.74) is 6.30. The summed E-state index contributed by atoms with van der Waals surface area (Å²) in [5.74, 6) is -3.04. The fraction of sp³-hybridized carbons (Fsp3) is 0.517. The summed E-state index contributed by atoms with van der Waals surface area (Å²) in [4.78, 5) is 52.4. The van der Waals surface area contributed by atoms with Crippen molar-refractivity contribution in [2.45, 2.75) is 58.7 Å². The van der Waals surface area contributed by atoms with Gasteiger partial charge in [-0.1, -0.05) is 13.8 Å². The topological polar surface area (TPSA) is 135 Å². The molecule has 1 aromatic carbocycles. The molecule has 3 fully saturated rings. The van der Waals surface area contributed by atoms with Crippen molar-refractivity contribution in [2.75, 3.05) is 12.8 Å². The molecule has 5 rings (SSSR count). The first kappa shape index (κ1) is 26.0. The van der Waals surface area contributed by atoms with E-state index in [-0.39, 0.29) is 18.2 Å². The molecule has 1 aliphatic heterocycles. The number of fused-ring (bicyclic) bond motifs is 3. The molecule has 202 valence electrons. The first-order valence-corrected chi connectivity index (χ1v) is 12.9. The highest BCUT2D eigenvalue weighted by Gasteiger charge is 2.67. The lowest BCUT2D eigenvalue weighted by atomic mass is 9.43. The lowest BCUT2D eigenvalue weighted by molar-refractivity contribution is -0.210. The molecule has 0 bridgehead atoms. The van der Waals surface area contributed by atoms with Crippen molar-refractivity contribution in [1.82, 2.24) is 0 Å². The zero-order valence-corrected chi connectivity index (χ0v) is 22.0. The number of benzene rings is 1. The Kier molecular flexibility index (Phi) is 6.36. The number of Topliss-reactive ketones (excluding diaryl/α,β-unsaturated/α-hetero) is 1. The first-order valence-electron chi connectivity index (χ1n) is 12.9. The molecule has 0 radical (unpaired) electrons. The largest absolute Gasteiger partial charge is 0.469 e. The number of cyclic esters (lactones) is 1. The monoisotopic (exact) mass is 523 g/mol. The molecule has 2 aliphatic carbocycles. The van der Waals surface area contributed by atoms with E-state index in [1.165, 1.54) is 14.0 Å². The molecular weight excluding hydrogens is 490 g/mol. The van der Waals surface area contributed by atoms with E-state index in [2.05, 4.69) is 0 Å². The van der Waals surface area contributed by atoms with Crippen LogP contribution in [0.1, 0.15) is 58.1 Å². The third kappa shape index (κ3) is 3.99. The quantitative estimate of drug-likeness (QED) is 0.354. The minimum atomic E-state index is -1.08. The number of hydrogen-bond acceptors (Lipinski definition) is 9. The van der Waals surface area contributed by atoms with E-state index in [1.807, 2.05) is 26.0 Å². The highest BCUT2D eigenvalue weighted by Crippen LogP contribution is 2.65. The van der Waals surface area contributed by atoms with Crippen LogP contribution >= 0.6 is 0 Å². The molecule has 7 atom stereocenters. The van der Waals surface area contributed by atoms with Gasteiger partial charge in [0.2, 0.25) is 0 Å². The molecule has 3 aliphatic rings. The van der Waals surface area contributed by atoms with Crippen molar-refractivity contribution in [3.63, 3.8) is 0 Å². The number of carbonyl (C=O) groups is 4. The number of carbonyl (C=O) groups excluding carboxylic acids is 4. The van der Waals surface area contributed by atoms with Crippen LogP contribution in [0.4, 0.5) is 5.69 Å².